The molecule has 1 N–H and O–H groups in total. The molecule has 0 saturated carbocycles. The van der Waals surface area contributed by atoms with Crippen LogP contribution in [0.2, 0.25) is 0 Å². The van der Waals surface area contributed by atoms with Crippen LogP contribution in [0.25, 0.3) is 0 Å². The van der Waals surface area contributed by atoms with Crippen LogP contribution < -0.4 is 0 Å². The van der Waals surface area contributed by atoms with E-state index in [1.54, 1.807) is 0 Å². The van der Waals surface area contributed by atoms with E-state index in [1.807, 2.05) is 0 Å². The molecule has 1 aliphatic heterocycles. The molecule has 11 heavy (non-hydrogen) atoms. The summed E-state index contributed by atoms with van der Waals surface area (Å²) in [6, 6.07) is 0. The van der Waals surface area contributed by atoms with Crippen molar-refractivity contribution < 1.29 is 9.90 Å². The van der Waals surface area contributed by atoms with E-state index in [0.29, 0.717) is 0 Å². The summed E-state index contributed by atoms with van der Waals surface area (Å²) < 4.78 is 1.02. The lowest BCUT2D eigenvalue weighted by Gasteiger charge is -2.27. The first-order chi connectivity index (χ1) is 5.24. The summed E-state index contributed by atoms with van der Waals surface area (Å²) >= 11 is 2.31. The summed E-state index contributed by atoms with van der Waals surface area (Å²) in [7, 11) is 0. The van der Waals surface area contributed by atoms with Gasteiger partial charge in [-0.3, -0.25) is 9.69 Å². The molecule has 0 spiro atoms. The predicted molar refractivity (Wildman–Crippen MR) is 50.8 cm³/mol. The molecule has 64 valence electrons. The highest BCUT2D eigenvalue weighted by atomic mass is 127. The molecule has 0 aliphatic carbocycles. The average molecular weight is 269 g/mol. The number of aliphatic carboxylic acids is 1. The minimum Gasteiger partial charge on any atom is -0.481 e. The third-order valence-corrected chi connectivity index (χ3v) is 3.07. The SMILES string of the molecule is O=C(O)C1CCN(CI)CC1. The van der Waals surface area contributed by atoms with Crippen LogP contribution in [0.15, 0.2) is 0 Å². The van der Waals surface area contributed by atoms with Gasteiger partial charge in [0, 0.05) is 0 Å². The van der Waals surface area contributed by atoms with Gasteiger partial charge in [0.2, 0.25) is 0 Å². The predicted octanol–water partition coefficient (Wildman–Crippen LogP) is 1.18. The van der Waals surface area contributed by atoms with Crippen molar-refractivity contribution in [3.63, 3.8) is 0 Å². The Balaban J connectivity index is 2.30. The Morgan fingerprint density at radius 2 is 2.09 bits per heavy atom. The smallest absolute Gasteiger partial charge is 0.306 e. The molecule has 0 atom stereocenters. The number of carbonyl (C=O) groups is 1. The van der Waals surface area contributed by atoms with Gasteiger partial charge in [0.15, 0.2) is 0 Å². The van der Waals surface area contributed by atoms with Crippen LogP contribution in [0.3, 0.4) is 0 Å². The molecule has 1 aliphatic rings. The van der Waals surface area contributed by atoms with E-state index in [0.717, 1.165) is 30.5 Å². The van der Waals surface area contributed by atoms with E-state index in [4.69, 9.17) is 5.11 Å². The molecule has 0 amide bonds. The number of hydrogen-bond donors (Lipinski definition) is 1. The van der Waals surface area contributed by atoms with E-state index in [1.165, 1.54) is 0 Å². The largest absolute Gasteiger partial charge is 0.481 e. The zero-order valence-electron chi connectivity index (χ0n) is 6.29. The number of piperidine rings is 1. The Morgan fingerprint density at radius 3 is 2.45 bits per heavy atom. The number of nitrogens with zero attached hydrogens (tertiary/aromatic N) is 1. The lowest BCUT2D eigenvalue weighted by molar-refractivity contribution is -0.143. The Hall–Kier alpha value is 0.160. The van der Waals surface area contributed by atoms with E-state index < -0.39 is 5.97 Å². The van der Waals surface area contributed by atoms with E-state index >= 15 is 0 Å². The highest BCUT2D eigenvalue weighted by Crippen LogP contribution is 2.17. The fraction of sp³-hybridized carbons (Fsp3) is 0.857. The maximum atomic E-state index is 10.5. The van der Waals surface area contributed by atoms with Crippen LogP contribution in [0.5, 0.6) is 0 Å². The summed E-state index contributed by atoms with van der Waals surface area (Å²) in [6.07, 6.45) is 1.64. The van der Waals surface area contributed by atoms with Crippen molar-refractivity contribution in [3.05, 3.63) is 0 Å². The van der Waals surface area contributed by atoms with Crippen molar-refractivity contribution in [2.24, 2.45) is 5.92 Å². The number of rotatable bonds is 2. The first kappa shape index (κ1) is 9.25. The van der Waals surface area contributed by atoms with E-state index in [-0.39, 0.29) is 5.92 Å². The number of carboxylic acids is 1. The molecular formula is C7H12INO2. The molecule has 1 heterocycles. The monoisotopic (exact) mass is 269 g/mol. The van der Waals surface area contributed by atoms with E-state index in [9.17, 15) is 4.79 Å². The topological polar surface area (TPSA) is 40.5 Å². The zero-order valence-corrected chi connectivity index (χ0v) is 8.45. The van der Waals surface area contributed by atoms with Gasteiger partial charge in [-0.2, -0.15) is 0 Å². The maximum Gasteiger partial charge on any atom is 0.306 e. The number of carboxylic acid groups (broad SMARTS) is 1. The van der Waals surface area contributed by atoms with Crippen LogP contribution >= 0.6 is 22.6 Å². The zero-order chi connectivity index (χ0) is 8.27. The fourth-order valence-corrected chi connectivity index (χ4v) is 1.98. The van der Waals surface area contributed by atoms with Crippen LogP contribution in [-0.2, 0) is 4.79 Å². The second-order valence-electron chi connectivity index (χ2n) is 2.85. The molecule has 0 aromatic rings. The molecule has 0 bridgehead atoms. The van der Waals surface area contributed by atoms with Gasteiger partial charge >= 0.3 is 5.97 Å². The fourth-order valence-electron chi connectivity index (χ4n) is 1.30. The molecule has 3 nitrogen and oxygen atoms in total. The summed E-state index contributed by atoms with van der Waals surface area (Å²) in [6.45, 7) is 1.89. The Kier molecular flexibility index (Phi) is 3.58. The van der Waals surface area contributed by atoms with Gasteiger partial charge in [-0.1, -0.05) is 22.6 Å². The molecule has 1 rings (SSSR count). The Morgan fingerprint density at radius 1 is 1.55 bits per heavy atom. The van der Waals surface area contributed by atoms with Gasteiger partial charge in [-0.05, 0) is 25.9 Å². The molecule has 0 aromatic heterocycles. The highest BCUT2D eigenvalue weighted by molar-refractivity contribution is 14.1. The third kappa shape index (κ3) is 2.59. The van der Waals surface area contributed by atoms with Crippen LogP contribution in [0.4, 0.5) is 0 Å². The number of hydrogen-bond acceptors (Lipinski definition) is 2. The van der Waals surface area contributed by atoms with Gasteiger partial charge in [-0.15, -0.1) is 0 Å². The highest BCUT2D eigenvalue weighted by Gasteiger charge is 2.23. The van der Waals surface area contributed by atoms with Crippen LogP contribution in [0.1, 0.15) is 12.8 Å². The minimum absolute atomic E-state index is 0.0887. The van der Waals surface area contributed by atoms with Crippen molar-refractivity contribution in [1.82, 2.24) is 4.90 Å². The lowest BCUT2D eigenvalue weighted by Crippen LogP contribution is -2.35. The summed E-state index contributed by atoms with van der Waals surface area (Å²) in [5.41, 5.74) is 0. The normalized spacial score (nSPS) is 21.9. The van der Waals surface area contributed by atoms with Crippen molar-refractivity contribution in [1.29, 1.82) is 0 Å². The van der Waals surface area contributed by atoms with Gasteiger partial charge < -0.3 is 5.11 Å². The van der Waals surface area contributed by atoms with Crippen molar-refractivity contribution in [2.75, 3.05) is 17.6 Å². The molecule has 4 heteroatoms. The van der Waals surface area contributed by atoms with Crippen LogP contribution in [0, 0.1) is 5.92 Å². The first-order valence-corrected chi connectivity index (χ1v) is 5.27. The number of alkyl halides is 1. The van der Waals surface area contributed by atoms with Crippen molar-refractivity contribution in [2.45, 2.75) is 12.8 Å². The Labute approximate surface area is 79.9 Å². The molecule has 1 fully saturated rings. The molecular weight excluding hydrogens is 257 g/mol. The maximum absolute atomic E-state index is 10.5. The van der Waals surface area contributed by atoms with Crippen LogP contribution in [-0.4, -0.2) is 33.6 Å². The quantitative estimate of drug-likeness (QED) is 0.465. The second-order valence-corrected chi connectivity index (χ2v) is 3.53. The summed E-state index contributed by atoms with van der Waals surface area (Å²) in [5, 5.41) is 8.68. The molecule has 0 radical (unpaired) electrons. The summed E-state index contributed by atoms with van der Waals surface area (Å²) in [4.78, 5) is 12.8. The number of halogens is 1. The first-order valence-electron chi connectivity index (χ1n) is 3.75. The molecule has 0 aromatic carbocycles. The standard InChI is InChI=1S/C7H12INO2/c8-5-9-3-1-6(2-4-9)7(10)11/h6H,1-5H2,(H,10,11). The Bertz CT molecular complexity index is 143. The lowest BCUT2D eigenvalue weighted by atomic mass is 9.98. The third-order valence-electron chi connectivity index (χ3n) is 2.11. The molecule has 0 unspecified atom stereocenters. The van der Waals surface area contributed by atoms with Crippen molar-refractivity contribution in [3.8, 4) is 0 Å². The summed E-state index contributed by atoms with van der Waals surface area (Å²) in [5.74, 6) is -0.715. The van der Waals surface area contributed by atoms with Gasteiger partial charge in [-0.25, -0.2) is 0 Å². The van der Waals surface area contributed by atoms with E-state index in [2.05, 4.69) is 27.5 Å². The van der Waals surface area contributed by atoms with Gasteiger partial charge in [0.25, 0.3) is 0 Å². The van der Waals surface area contributed by atoms with Gasteiger partial charge in [0.05, 0.1) is 10.5 Å². The van der Waals surface area contributed by atoms with Crippen molar-refractivity contribution >= 4 is 28.6 Å². The molecule has 1 saturated heterocycles. The number of likely N-dealkylation sites (tertiary alicyclic amines) is 1. The average Bonchev–Trinajstić information content (AvgIpc) is 2.05. The second kappa shape index (κ2) is 4.25. The minimum atomic E-state index is -0.627. The van der Waals surface area contributed by atoms with Gasteiger partial charge in [0.1, 0.15) is 0 Å².